The number of aromatic nitrogens is 4. The summed E-state index contributed by atoms with van der Waals surface area (Å²) >= 11 is 0. The zero-order valence-electron chi connectivity index (χ0n) is 15.4. The van der Waals surface area contributed by atoms with Crippen LogP contribution in [0.3, 0.4) is 0 Å². The molecule has 0 aliphatic rings. The Kier molecular flexibility index (Phi) is 3.96. The normalized spacial score (nSPS) is 10.5. The van der Waals surface area contributed by atoms with Crippen molar-refractivity contribution < 1.29 is 1.37 Å². The number of aryl methyl sites for hydroxylation is 1. The van der Waals surface area contributed by atoms with E-state index in [0.29, 0.717) is 17.5 Å². The Morgan fingerprint density at radius 2 is 1.56 bits per heavy atom. The third kappa shape index (κ3) is 3.49. The van der Waals surface area contributed by atoms with Crippen LogP contribution in [0.5, 0.6) is 0 Å². The van der Waals surface area contributed by atoms with Gasteiger partial charge in [-0.3, -0.25) is 4.79 Å². The van der Waals surface area contributed by atoms with Crippen molar-refractivity contribution in [1.82, 2.24) is 19.5 Å². The molecular formula is C22H14N4O. The van der Waals surface area contributed by atoms with Crippen LogP contribution in [0.4, 0.5) is 0 Å². The SMILES string of the molecule is [3H]c1ccc(C#Cc2ccc(C#Cc3nc4c(=O)[nH]cnc4n3C)cc2)cc1. The highest BCUT2D eigenvalue weighted by Crippen LogP contribution is 2.07. The predicted molar refractivity (Wildman–Crippen MR) is 104 cm³/mol. The van der Waals surface area contributed by atoms with Crippen LogP contribution in [0.15, 0.2) is 65.7 Å². The highest BCUT2D eigenvalue weighted by atomic mass is 16.1. The second-order valence-electron chi connectivity index (χ2n) is 5.76. The van der Waals surface area contributed by atoms with Crippen molar-refractivity contribution in [3.63, 3.8) is 0 Å². The maximum Gasteiger partial charge on any atom is 0.278 e. The number of aromatic amines is 1. The number of rotatable bonds is 0. The summed E-state index contributed by atoms with van der Waals surface area (Å²) in [5.74, 6) is 12.7. The molecule has 4 aromatic rings. The molecule has 5 nitrogen and oxygen atoms in total. The molecule has 0 aliphatic heterocycles. The smallest absolute Gasteiger partial charge is 0.278 e. The molecule has 0 spiro atoms. The molecule has 0 bridgehead atoms. The van der Waals surface area contributed by atoms with E-state index in [0.717, 1.165) is 16.7 Å². The van der Waals surface area contributed by atoms with Gasteiger partial charge in [0, 0.05) is 23.7 Å². The van der Waals surface area contributed by atoms with Crippen LogP contribution in [0, 0.1) is 23.7 Å². The molecule has 0 saturated carbocycles. The molecule has 0 aliphatic carbocycles. The first-order valence-electron chi connectivity index (χ1n) is 8.71. The van der Waals surface area contributed by atoms with Gasteiger partial charge < -0.3 is 9.55 Å². The standard InChI is InChI=1S/C22H14N4O/c1-26-19(25-20-21(26)23-15-24-22(20)27)14-13-18-11-9-17(10-12-18)8-7-16-5-3-2-4-6-16/h2-6,9-12,15H,1H3,(H,23,24,27)/i2T. The highest BCUT2D eigenvalue weighted by molar-refractivity contribution is 5.70. The highest BCUT2D eigenvalue weighted by Gasteiger charge is 2.09. The number of hydrogen-bond acceptors (Lipinski definition) is 3. The van der Waals surface area contributed by atoms with E-state index in [1.54, 1.807) is 23.7 Å². The van der Waals surface area contributed by atoms with Gasteiger partial charge in [0.2, 0.25) is 0 Å². The molecule has 0 amide bonds. The first-order valence-corrected chi connectivity index (χ1v) is 8.21. The Morgan fingerprint density at radius 1 is 0.963 bits per heavy atom. The van der Waals surface area contributed by atoms with Gasteiger partial charge in [-0.05, 0) is 42.3 Å². The zero-order chi connectivity index (χ0) is 19.5. The van der Waals surface area contributed by atoms with Crippen LogP contribution in [0.25, 0.3) is 11.2 Å². The number of benzene rings is 2. The number of H-pyrrole nitrogens is 1. The fraction of sp³-hybridized carbons (Fsp3) is 0.0455. The lowest BCUT2D eigenvalue weighted by atomic mass is 10.1. The molecule has 0 unspecified atom stereocenters. The van der Waals surface area contributed by atoms with Crippen molar-refractivity contribution in [2.75, 3.05) is 0 Å². The summed E-state index contributed by atoms with van der Waals surface area (Å²) < 4.78 is 9.17. The lowest BCUT2D eigenvalue weighted by Gasteiger charge is -1.94. The number of nitrogens with zero attached hydrogens (tertiary/aromatic N) is 3. The third-order valence-electron chi connectivity index (χ3n) is 3.94. The van der Waals surface area contributed by atoms with Gasteiger partial charge in [0.05, 0.1) is 7.70 Å². The summed E-state index contributed by atoms with van der Waals surface area (Å²) in [5.41, 5.74) is 3.05. The Balaban J connectivity index is 1.57. The van der Waals surface area contributed by atoms with E-state index < -0.39 is 0 Å². The van der Waals surface area contributed by atoms with E-state index in [4.69, 9.17) is 1.37 Å². The van der Waals surface area contributed by atoms with Gasteiger partial charge in [0.15, 0.2) is 17.0 Å². The minimum absolute atomic E-state index is 0.276. The first kappa shape index (κ1) is 15.2. The Bertz CT molecular complexity index is 1340. The summed E-state index contributed by atoms with van der Waals surface area (Å²) in [5, 5.41) is 0. The summed E-state index contributed by atoms with van der Waals surface area (Å²) in [6.45, 7) is 0. The van der Waals surface area contributed by atoms with Crippen molar-refractivity contribution in [2.45, 2.75) is 0 Å². The van der Waals surface area contributed by atoms with Crippen molar-refractivity contribution in [3.8, 4) is 23.7 Å². The molecule has 0 atom stereocenters. The summed E-state index contributed by atoms with van der Waals surface area (Å²) in [7, 11) is 1.78. The van der Waals surface area contributed by atoms with Crippen LogP contribution in [0.1, 0.15) is 23.9 Å². The van der Waals surface area contributed by atoms with E-state index in [-0.39, 0.29) is 11.1 Å². The Morgan fingerprint density at radius 3 is 2.19 bits per heavy atom. The quantitative estimate of drug-likeness (QED) is 0.495. The average Bonchev–Trinajstić information content (AvgIpc) is 3.04. The number of hydrogen-bond donors (Lipinski definition) is 1. The van der Waals surface area contributed by atoms with Gasteiger partial charge >= 0.3 is 0 Å². The molecule has 2 heterocycles. The number of fused-ring (bicyclic) bond motifs is 1. The minimum Gasteiger partial charge on any atom is -0.311 e. The van der Waals surface area contributed by atoms with E-state index in [2.05, 4.69) is 38.6 Å². The topological polar surface area (TPSA) is 63.6 Å². The molecule has 4 rings (SSSR count). The average molecular weight is 352 g/mol. The minimum atomic E-state index is -0.283. The lowest BCUT2D eigenvalue weighted by Crippen LogP contribution is -2.06. The van der Waals surface area contributed by atoms with Crippen molar-refractivity contribution in [2.24, 2.45) is 7.05 Å². The van der Waals surface area contributed by atoms with Crippen molar-refractivity contribution >= 4 is 11.2 Å². The Labute approximate surface area is 157 Å². The molecule has 0 fully saturated rings. The number of nitrogens with one attached hydrogen (secondary N) is 1. The van der Waals surface area contributed by atoms with E-state index in [9.17, 15) is 4.79 Å². The number of imidazole rings is 1. The predicted octanol–water partition coefficient (Wildman–Crippen LogP) is 2.46. The molecule has 1 N–H and O–H groups in total. The summed E-state index contributed by atoms with van der Waals surface area (Å²) in [6, 6.07) is 15.1. The van der Waals surface area contributed by atoms with Gasteiger partial charge in [-0.25, -0.2) is 9.97 Å². The maximum absolute atomic E-state index is 11.8. The van der Waals surface area contributed by atoms with E-state index >= 15 is 0 Å². The van der Waals surface area contributed by atoms with Crippen LogP contribution in [0.2, 0.25) is 0 Å². The molecule has 5 heteroatoms. The molecule has 2 aromatic carbocycles. The Hall–Kier alpha value is -4.09. The largest absolute Gasteiger partial charge is 0.311 e. The zero-order valence-corrected chi connectivity index (χ0v) is 14.4. The van der Waals surface area contributed by atoms with Gasteiger partial charge in [0.25, 0.3) is 5.56 Å². The van der Waals surface area contributed by atoms with Crippen LogP contribution in [-0.4, -0.2) is 19.5 Å². The van der Waals surface area contributed by atoms with E-state index in [1.807, 2.05) is 36.4 Å². The third-order valence-corrected chi connectivity index (χ3v) is 3.94. The second kappa shape index (κ2) is 7.03. The summed E-state index contributed by atoms with van der Waals surface area (Å²) in [4.78, 5) is 22.7. The van der Waals surface area contributed by atoms with Crippen molar-refractivity contribution in [3.05, 3.63) is 93.8 Å². The molecule has 128 valence electrons. The van der Waals surface area contributed by atoms with Gasteiger partial charge in [-0.1, -0.05) is 35.9 Å². The van der Waals surface area contributed by atoms with Gasteiger partial charge in [0.1, 0.15) is 0 Å². The lowest BCUT2D eigenvalue weighted by molar-refractivity contribution is 0.908. The van der Waals surface area contributed by atoms with Crippen LogP contribution in [-0.2, 0) is 7.05 Å². The fourth-order valence-electron chi connectivity index (χ4n) is 2.50. The molecule has 0 saturated heterocycles. The monoisotopic (exact) mass is 352 g/mol. The second-order valence-corrected chi connectivity index (χ2v) is 5.76. The van der Waals surface area contributed by atoms with Crippen LogP contribution >= 0.6 is 0 Å². The van der Waals surface area contributed by atoms with E-state index in [1.165, 1.54) is 6.33 Å². The fourth-order valence-corrected chi connectivity index (χ4v) is 2.50. The molecule has 0 radical (unpaired) electrons. The molecule has 2 aromatic heterocycles. The summed E-state index contributed by atoms with van der Waals surface area (Å²) in [6.07, 6.45) is 1.35. The molecular weight excluding hydrogens is 336 g/mol. The maximum atomic E-state index is 11.8. The van der Waals surface area contributed by atoms with Crippen LogP contribution < -0.4 is 5.56 Å². The first-order chi connectivity index (χ1) is 13.6. The van der Waals surface area contributed by atoms with Gasteiger partial charge in [-0.15, -0.1) is 0 Å². The van der Waals surface area contributed by atoms with Gasteiger partial charge in [-0.2, -0.15) is 0 Å². The van der Waals surface area contributed by atoms with Crippen molar-refractivity contribution in [1.29, 1.82) is 0 Å². The molecule has 27 heavy (non-hydrogen) atoms.